The molecule has 2 aromatic carbocycles. The molecule has 0 aromatic heterocycles. The van der Waals surface area contributed by atoms with Crippen molar-refractivity contribution in [2.24, 2.45) is 5.73 Å². The number of hydrogen-bond acceptors (Lipinski definition) is 1. The summed E-state index contributed by atoms with van der Waals surface area (Å²) in [4.78, 5) is 0. The first-order chi connectivity index (χ1) is 8.70. The molecule has 0 aliphatic carbocycles. The Bertz CT molecular complexity index is 505. The van der Waals surface area contributed by atoms with Gasteiger partial charge in [-0.25, -0.2) is 0 Å². The summed E-state index contributed by atoms with van der Waals surface area (Å²) >= 11 is 3.50. The first kappa shape index (κ1) is 13.3. The SMILES string of the molecule is CC(CCN)c1ccc(-c2cccc(Br)c2)cc1. The molecule has 0 radical (unpaired) electrons. The van der Waals surface area contributed by atoms with E-state index < -0.39 is 0 Å². The van der Waals surface area contributed by atoms with Crippen LogP contribution in [0.4, 0.5) is 0 Å². The molecule has 2 aromatic rings. The van der Waals surface area contributed by atoms with Crippen molar-refractivity contribution in [2.45, 2.75) is 19.3 Å². The molecular formula is C16H18BrN. The Hall–Kier alpha value is -1.12. The van der Waals surface area contributed by atoms with Crippen LogP contribution in [0.3, 0.4) is 0 Å². The van der Waals surface area contributed by atoms with Crippen LogP contribution in [0.2, 0.25) is 0 Å². The molecule has 0 saturated carbocycles. The number of hydrogen-bond donors (Lipinski definition) is 1. The van der Waals surface area contributed by atoms with Crippen LogP contribution in [0.1, 0.15) is 24.8 Å². The summed E-state index contributed by atoms with van der Waals surface area (Å²) < 4.78 is 1.11. The van der Waals surface area contributed by atoms with Gasteiger partial charge in [0.15, 0.2) is 0 Å². The fraction of sp³-hybridized carbons (Fsp3) is 0.250. The summed E-state index contributed by atoms with van der Waals surface area (Å²) in [5.74, 6) is 0.534. The molecule has 0 fully saturated rings. The second-order valence-electron chi connectivity index (χ2n) is 4.61. The zero-order valence-corrected chi connectivity index (χ0v) is 12.2. The zero-order valence-electron chi connectivity index (χ0n) is 10.6. The molecule has 0 bridgehead atoms. The van der Waals surface area contributed by atoms with E-state index in [2.05, 4.69) is 65.3 Å². The van der Waals surface area contributed by atoms with Gasteiger partial charge in [-0.05, 0) is 47.7 Å². The van der Waals surface area contributed by atoms with Crippen LogP contribution in [0.15, 0.2) is 53.0 Å². The molecule has 94 valence electrons. The van der Waals surface area contributed by atoms with Crippen LogP contribution in [0, 0.1) is 0 Å². The van der Waals surface area contributed by atoms with Crippen LogP contribution in [0.25, 0.3) is 11.1 Å². The van der Waals surface area contributed by atoms with Crippen LogP contribution < -0.4 is 5.73 Å². The third kappa shape index (κ3) is 3.21. The van der Waals surface area contributed by atoms with Gasteiger partial charge in [0.05, 0.1) is 0 Å². The largest absolute Gasteiger partial charge is 0.330 e. The van der Waals surface area contributed by atoms with Crippen molar-refractivity contribution in [2.75, 3.05) is 6.54 Å². The van der Waals surface area contributed by atoms with Gasteiger partial charge in [0.1, 0.15) is 0 Å². The van der Waals surface area contributed by atoms with Crippen molar-refractivity contribution in [3.63, 3.8) is 0 Å². The van der Waals surface area contributed by atoms with Gasteiger partial charge >= 0.3 is 0 Å². The third-order valence-electron chi connectivity index (χ3n) is 3.24. The van der Waals surface area contributed by atoms with Gasteiger partial charge < -0.3 is 5.73 Å². The first-order valence-electron chi connectivity index (χ1n) is 6.26. The Balaban J connectivity index is 2.22. The van der Waals surface area contributed by atoms with Crippen LogP contribution >= 0.6 is 15.9 Å². The van der Waals surface area contributed by atoms with Gasteiger partial charge in [0.25, 0.3) is 0 Å². The molecular weight excluding hydrogens is 286 g/mol. The minimum Gasteiger partial charge on any atom is -0.330 e. The quantitative estimate of drug-likeness (QED) is 0.880. The van der Waals surface area contributed by atoms with Crippen molar-refractivity contribution in [1.29, 1.82) is 0 Å². The Morgan fingerprint density at radius 3 is 2.39 bits per heavy atom. The van der Waals surface area contributed by atoms with Crippen molar-refractivity contribution in [3.8, 4) is 11.1 Å². The van der Waals surface area contributed by atoms with E-state index in [4.69, 9.17) is 5.73 Å². The van der Waals surface area contributed by atoms with Gasteiger partial charge in [-0.1, -0.05) is 59.3 Å². The van der Waals surface area contributed by atoms with E-state index in [1.54, 1.807) is 0 Å². The van der Waals surface area contributed by atoms with Gasteiger partial charge in [-0.2, -0.15) is 0 Å². The normalized spacial score (nSPS) is 12.4. The van der Waals surface area contributed by atoms with Crippen LogP contribution in [-0.2, 0) is 0 Å². The summed E-state index contributed by atoms with van der Waals surface area (Å²) in [6, 6.07) is 17.1. The van der Waals surface area contributed by atoms with E-state index in [9.17, 15) is 0 Å². The lowest BCUT2D eigenvalue weighted by Crippen LogP contribution is -2.04. The highest BCUT2D eigenvalue weighted by molar-refractivity contribution is 9.10. The lowest BCUT2D eigenvalue weighted by molar-refractivity contribution is 0.690. The van der Waals surface area contributed by atoms with E-state index in [1.165, 1.54) is 16.7 Å². The minimum atomic E-state index is 0.534. The molecule has 18 heavy (non-hydrogen) atoms. The molecule has 0 heterocycles. The predicted molar refractivity (Wildman–Crippen MR) is 81.7 cm³/mol. The fourth-order valence-electron chi connectivity index (χ4n) is 2.09. The molecule has 2 N–H and O–H groups in total. The molecule has 0 aliphatic rings. The summed E-state index contributed by atoms with van der Waals surface area (Å²) in [6.45, 7) is 2.97. The highest BCUT2D eigenvalue weighted by Crippen LogP contribution is 2.25. The van der Waals surface area contributed by atoms with Crippen LogP contribution in [-0.4, -0.2) is 6.54 Å². The molecule has 2 heteroatoms. The van der Waals surface area contributed by atoms with E-state index >= 15 is 0 Å². The molecule has 1 atom stereocenters. The van der Waals surface area contributed by atoms with Gasteiger partial charge in [-0.15, -0.1) is 0 Å². The van der Waals surface area contributed by atoms with E-state index in [0.717, 1.165) is 17.4 Å². The summed E-state index contributed by atoms with van der Waals surface area (Å²) in [5.41, 5.74) is 9.45. The average Bonchev–Trinajstić information content (AvgIpc) is 2.39. The lowest BCUT2D eigenvalue weighted by atomic mass is 9.95. The second kappa shape index (κ2) is 6.17. The summed E-state index contributed by atoms with van der Waals surface area (Å²) in [6.07, 6.45) is 1.04. The average molecular weight is 304 g/mol. The standard InChI is InChI=1S/C16H18BrN/c1-12(9-10-18)13-5-7-14(8-6-13)15-3-2-4-16(17)11-15/h2-8,11-12H,9-10,18H2,1H3. The number of nitrogens with two attached hydrogens (primary N) is 1. The second-order valence-corrected chi connectivity index (χ2v) is 5.53. The third-order valence-corrected chi connectivity index (χ3v) is 3.73. The summed E-state index contributed by atoms with van der Waals surface area (Å²) in [7, 11) is 0. The van der Waals surface area contributed by atoms with Crippen molar-refractivity contribution >= 4 is 15.9 Å². The monoisotopic (exact) mass is 303 g/mol. The minimum absolute atomic E-state index is 0.534. The zero-order chi connectivity index (χ0) is 13.0. The van der Waals surface area contributed by atoms with E-state index in [-0.39, 0.29) is 0 Å². The maximum absolute atomic E-state index is 5.60. The van der Waals surface area contributed by atoms with Gasteiger partial charge in [0, 0.05) is 4.47 Å². The number of benzene rings is 2. The predicted octanol–water partition coefficient (Wildman–Crippen LogP) is 4.57. The van der Waals surface area contributed by atoms with Crippen molar-refractivity contribution < 1.29 is 0 Å². The molecule has 2 rings (SSSR count). The molecule has 0 spiro atoms. The smallest absolute Gasteiger partial charge is 0.0181 e. The van der Waals surface area contributed by atoms with Gasteiger partial charge in [0.2, 0.25) is 0 Å². The highest BCUT2D eigenvalue weighted by Gasteiger charge is 2.05. The molecule has 1 nitrogen and oxygen atoms in total. The molecule has 0 aliphatic heterocycles. The van der Waals surface area contributed by atoms with E-state index in [0.29, 0.717) is 5.92 Å². The van der Waals surface area contributed by atoms with Crippen LogP contribution in [0.5, 0.6) is 0 Å². The first-order valence-corrected chi connectivity index (χ1v) is 7.06. The maximum Gasteiger partial charge on any atom is 0.0181 e. The molecule has 0 amide bonds. The lowest BCUT2D eigenvalue weighted by Gasteiger charge is -2.11. The van der Waals surface area contributed by atoms with Crippen molar-refractivity contribution in [1.82, 2.24) is 0 Å². The molecule has 1 unspecified atom stereocenters. The number of halogens is 1. The Morgan fingerprint density at radius 2 is 1.78 bits per heavy atom. The van der Waals surface area contributed by atoms with E-state index in [1.807, 2.05) is 6.07 Å². The Labute approximate surface area is 117 Å². The molecule has 0 saturated heterocycles. The summed E-state index contributed by atoms with van der Waals surface area (Å²) in [5, 5.41) is 0. The maximum atomic E-state index is 5.60. The topological polar surface area (TPSA) is 26.0 Å². The Morgan fingerprint density at radius 1 is 1.06 bits per heavy atom. The number of rotatable bonds is 4. The highest BCUT2D eigenvalue weighted by atomic mass is 79.9. The van der Waals surface area contributed by atoms with Gasteiger partial charge in [-0.3, -0.25) is 0 Å². The van der Waals surface area contributed by atoms with Crippen molar-refractivity contribution in [3.05, 3.63) is 58.6 Å². The Kier molecular flexibility index (Phi) is 4.56. The fourth-order valence-corrected chi connectivity index (χ4v) is 2.49.